The molecule has 2 aliphatic carbocycles. The molecule has 0 saturated heterocycles. The summed E-state index contributed by atoms with van der Waals surface area (Å²) in [6.45, 7) is 2.73. The molecule has 4 unspecified atom stereocenters. The zero-order valence-corrected chi connectivity index (χ0v) is 10.8. The van der Waals surface area contributed by atoms with Gasteiger partial charge in [-0.2, -0.15) is 0 Å². The Morgan fingerprint density at radius 1 is 0.812 bits per heavy atom. The van der Waals surface area contributed by atoms with E-state index in [0.29, 0.717) is 12.5 Å². The summed E-state index contributed by atoms with van der Waals surface area (Å²) in [6.07, 6.45) is 12.9. The fraction of sp³-hybridized carbons (Fsp3) is 1.00. The molecule has 94 valence electrons. The number of aliphatic hydroxyl groups is 1. The van der Waals surface area contributed by atoms with Crippen molar-refractivity contribution in [2.45, 2.75) is 64.7 Å². The number of hydrogen-bond donors (Lipinski definition) is 1. The van der Waals surface area contributed by atoms with Gasteiger partial charge in [-0.05, 0) is 49.4 Å². The lowest BCUT2D eigenvalue weighted by Crippen LogP contribution is -1.91. The monoisotopic (exact) mass is 224 g/mol. The van der Waals surface area contributed by atoms with Gasteiger partial charge in [0.1, 0.15) is 0 Å². The molecule has 16 heavy (non-hydrogen) atoms. The number of aliphatic hydroxyl groups excluding tert-OH is 1. The molecular weight excluding hydrogens is 196 g/mol. The van der Waals surface area contributed by atoms with Crippen LogP contribution in [-0.2, 0) is 0 Å². The first-order valence-corrected chi connectivity index (χ1v) is 7.46. The van der Waals surface area contributed by atoms with E-state index in [-0.39, 0.29) is 0 Å². The van der Waals surface area contributed by atoms with Gasteiger partial charge in [0.25, 0.3) is 0 Å². The quantitative estimate of drug-likeness (QED) is 0.587. The molecule has 2 saturated carbocycles. The first kappa shape index (κ1) is 12.4. The largest absolute Gasteiger partial charge is 0.396 e. The molecule has 0 spiro atoms. The van der Waals surface area contributed by atoms with E-state index in [0.717, 1.165) is 17.8 Å². The maximum atomic E-state index is 8.98. The van der Waals surface area contributed by atoms with Crippen LogP contribution in [0.15, 0.2) is 0 Å². The summed E-state index contributed by atoms with van der Waals surface area (Å²) in [5.74, 6) is 3.73. The topological polar surface area (TPSA) is 20.2 Å². The lowest BCUT2D eigenvalue weighted by molar-refractivity contribution is 0.266. The summed E-state index contributed by atoms with van der Waals surface area (Å²) in [6, 6.07) is 0. The zero-order valence-electron chi connectivity index (χ0n) is 10.8. The fourth-order valence-electron chi connectivity index (χ4n) is 3.17. The second-order valence-electron chi connectivity index (χ2n) is 6.12. The van der Waals surface area contributed by atoms with E-state index >= 15 is 0 Å². The molecule has 0 amide bonds. The molecule has 1 nitrogen and oxygen atoms in total. The fourth-order valence-corrected chi connectivity index (χ4v) is 3.17. The Kier molecular flexibility index (Phi) is 4.69. The molecular formula is C15H28O. The third-order valence-corrected chi connectivity index (χ3v) is 4.71. The predicted octanol–water partition coefficient (Wildman–Crippen LogP) is 4.00. The highest BCUT2D eigenvalue weighted by Crippen LogP contribution is 2.49. The molecule has 1 N–H and O–H groups in total. The first-order valence-electron chi connectivity index (χ1n) is 7.46. The van der Waals surface area contributed by atoms with Gasteiger partial charge in [0, 0.05) is 6.61 Å². The molecule has 1 heteroatoms. The van der Waals surface area contributed by atoms with Gasteiger partial charge >= 0.3 is 0 Å². The molecule has 2 fully saturated rings. The highest BCUT2D eigenvalue weighted by Gasteiger charge is 2.40. The summed E-state index contributed by atoms with van der Waals surface area (Å²) < 4.78 is 0. The van der Waals surface area contributed by atoms with Crippen molar-refractivity contribution >= 4 is 0 Å². The summed E-state index contributed by atoms with van der Waals surface area (Å²) in [5, 5.41) is 8.98. The Morgan fingerprint density at radius 2 is 1.44 bits per heavy atom. The van der Waals surface area contributed by atoms with Gasteiger partial charge in [-0.25, -0.2) is 0 Å². The third-order valence-electron chi connectivity index (χ3n) is 4.71. The summed E-state index contributed by atoms with van der Waals surface area (Å²) in [4.78, 5) is 0. The van der Waals surface area contributed by atoms with Crippen LogP contribution in [-0.4, -0.2) is 11.7 Å². The molecule has 0 aromatic rings. The predicted molar refractivity (Wildman–Crippen MR) is 68.3 cm³/mol. The molecule has 4 atom stereocenters. The van der Waals surface area contributed by atoms with Crippen LogP contribution in [0.1, 0.15) is 64.7 Å². The van der Waals surface area contributed by atoms with Gasteiger partial charge in [-0.15, -0.1) is 0 Å². The van der Waals surface area contributed by atoms with E-state index in [2.05, 4.69) is 6.92 Å². The maximum Gasteiger partial charge on any atom is 0.0462 e. The lowest BCUT2D eigenvalue weighted by atomic mass is 10.1. The highest BCUT2D eigenvalue weighted by atomic mass is 16.3. The highest BCUT2D eigenvalue weighted by molar-refractivity contribution is 4.90. The van der Waals surface area contributed by atoms with Gasteiger partial charge in [-0.3, -0.25) is 0 Å². The van der Waals surface area contributed by atoms with Crippen molar-refractivity contribution in [1.29, 1.82) is 0 Å². The van der Waals surface area contributed by atoms with Crippen LogP contribution in [0.25, 0.3) is 0 Å². The van der Waals surface area contributed by atoms with Gasteiger partial charge in [0.2, 0.25) is 0 Å². The maximum absolute atomic E-state index is 8.98. The molecule has 0 aromatic heterocycles. The molecule has 2 rings (SSSR count). The zero-order chi connectivity index (χ0) is 11.4. The average molecular weight is 224 g/mol. The minimum atomic E-state index is 0.440. The van der Waals surface area contributed by atoms with Crippen LogP contribution in [0.5, 0.6) is 0 Å². The first-order chi connectivity index (χ1) is 7.85. The van der Waals surface area contributed by atoms with E-state index in [1.54, 1.807) is 0 Å². The van der Waals surface area contributed by atoms with Gasteiger partial charge in [0.15, 0.2) is 0 Å². The summed E-state index contributed by atoms with van der Waals surface area (Å²) >= 11 is 0. The van der Waals surface area contributed by atoms with Crippen LogP contribution >= 0.6 is 0 Å². The normalized spacial score (nSPS) is 36.4. The molecule has 0 aliphatic heterocycles. The Hall–Kier alpha value is -0.0400. The van der Waals surface area contributed by atoms with Crippen LogP contribution in [0.4, 0.5) is 0 Å². The van der Waals surface area contributed by atoms with Crippen LogP contribution in [0.3, 0.4) is 0 Å². The second-order valence-corrected chi connectivity index (χ2v) is 6.12. The number of rotatable bonds is 9. The Balaban J connectivity index is 1.42. The Morgan fingerprint density at radius 3 is 2.06 bits per heavy atom. The standard InChI is InChI=1S/C15H28O/c1-2-3-4-5-6-12-9-13(12)7-8-14-10-15(14)11-16/h12-16H,2-11H2,1H3. The van der Waals surface area contributed by atoms with Crippen LogP contribution in [0, 0.1) is 23.7 Å². The summed E-state index contributed by atoms with van der Waals surface area (Å²) in [5.41, 5.74) is 0. The van der Waals surface area contributed by atoms with Crippen molar-refractivity contribution < 1.29 is 5.11 Å². The lowest BCUT2D eigenvalue weighted by Gasteiger charge is -2.00. The van der Waals surface area contributed by atoms with Crippen LogP contribution in [0.2, 0.25) is 0 Å². The minimum Gasteiger partial charge on any atom is -0.396 e. The van der Waals surface area contributed by atoms with Crippen molar-refractivity contribution in [2.75, 3.05) is 6.61 Å². The molecule has 2 aliphatic rings. The van der Waals surface area contributed by atoms with Crippen molar-refractivity contribution in [1.82, 2.24) is 0 Å². The Bertz CT molecular complexity index is 202. The van der Waals surface area contributed by atoms with Crippen molar-refractivity contribution in [3.05, 3.63) is 0 Å². The van der Waals surface area contributed by atoms with Gasteiger partial charge in [0.05, 0.1) is 0 Å². The minimum absolute atomic E-state index is 0.440. The SMILES string of the molecule is CCCCCCC1CC1CCC1CC1CO. The molecule has 0 bridgehead atoms. The smallest absolute Gasteiger partial charge is 0.0462 e. The van der Waals surface area contributed by atoms with Crippen molar-refractivity contribution in [3.63, 3.8) is 0 Å². The molecule has 0 heterocycles. The van der Waals surface area contributed by atoms with E-state index in [4.69, 9.17) is 5.11 Å². The average Bonchev–Trinajstić information content (AvgIpc) is 3.17. The summed E-state index contributed by atoms with van der Waals surface area (Å²) in [7, 11) is 0. The third kappa shape index (κ3) is 3.76. The van der Waals surface area contributed by atoms with Crippen molar-refractivity contribution in [2.24, 2.45) is 23.7 Å². The number of hydrogen-bond acceptors (Lipinski definition) is 1. The Labute approximate surface area is 101 Å². The molecule has 0 radical (unpaired) electrons. The van der Waals surface area contributed by atoms with E-state index < -0.39 is 0 Å². The van der Waals surface area contributed by atoms with E-state index in [9.17, 15) is 0 Å². The van der Waals surface area contributed by atoms with Gasteiger partial charge < -0.3 is 5.11 Å². The van der Waals surface area contributed by atoms with Crippen molar-refractivity contribution in [3.8, 4) is 0 Å². The van der Waals surface area contributed by atoms with E-state index in [1.165, 1.54) is 57.8 Å². The number of unbranched alkanes of at least 4 members (excludes halogenated alkanes) is 3. The van der Waals surface area contributed by atoms with E-state index in [1.807, 2.05) is 0 Å². The van der Waals surface area contributed by atoms with Gasteiger partial charge in [-0.1, -0.05) is 39.0 Å². The second kappa shape index (κ2) is 6.05. The molecule has 0 aromatic carbocycles. The van der Waals surface area contributed by atoms with Crippen LogP contribution < -0.4 is 0 Å².